The SMILES string of the molecule is Cc1cc(C)cc(OC(C)[C@H](C)O)c1. The maximum atomic E-state index is 9.30. The molecule has 2 nitrogen and oxygen atoms in total. The summed E-state index contributed by atoms with van der Waals surface area (Å²) in [5, 5.41) is 9.30. The van der Waals surface area contributed by atoms with Crippen LogP contribution in [-0.4, -0.2) is 17.3 Å². The topological polar surface area (TPSA) is 29.5 Å². The van der Waals surface area contributed by atoms with Gasteiger partial charge in [-0.05, 0) is 51.0 Å². The molecule has 0 saturated heterocycles. The van der Waals surface area contributed by atoms with Crippen LogP contribution in [0.2, 0.25) is 0 Å². The fourth-order valence-electron chi connectivity index (χ4n) is 1.31. The molecule has 1 unspecified atom stereocenters. The summed E-state index contributed by atoms with van der Waals surface area (Å²) in [6, 6.07) is 6.05. The Balaban J connectivity index is 2.76. The summed E-state index contributed by atoms with van der Waals surface area (Å²) in [7, 11) is 0. The Morgan fingerprint density at radius 3 is 2.00 bits per heavy atom. The second-order valence-corrected chi connectivity index (χ2v) is 3.89. The highest BCUT2D eigenvalue weighted by molar-refractivity contribution is 5.33. The molecule has 0 aliphatic carbocycles. The number of hydrogen-bond acceptors (Lipinski definition) is 2. The second-order valence-electron chi connectivity index (χ2n) is 3.89. The molecule has 0 spiro atoms. The number of rotatable bonds is 3. The lowest BCUT2D eigenvalue weighted by atomic mass is 10.1. The van der Waals surface area contributed by atoms with Crippen LogP contribution in [0.15, 0.2) is 18.2 Å². The zero-order chi connectivity index (χ0) is 10.7. The van der Waals surface area contributed by atoms with Crippen LogP contribution in [0.4, 0.5) is 0 Å². The molecule has 78 valence electrons. The zero-order valence-electron chi connectivity index (χ0n) is 9.24. The Bertz CT molecular complexity index is 285. The Labute approximate surface area is 85.5 Å². The van der Waals surface area contributed by atoms with Crippen LogP contribution in [0, 0.1) is 13.8 Å². The van der Waals surface area contributed by atoms with Gasteiger partial charge in [-0.25, -0.2) is 0 Å². The van der Waals surface area contributed by atoms with Gasteiger partial charge in [-0.2, -0.15) is 0 Å². The first-order valence-electron chi connectivity index (χ1n) is 4.92. The monoisotopic (exact) mass is 194 g/mol. The molecular formula is C12H18O2. The van der Waals surface area contributed by atoms with Gasteiger partial charge in [0.2, 0.25) is 0 Å². The molecule has 2 atom stereocenters. The summed E-state index contributed by atoms with van der Waals surface area (Å²) in [6.45, 7) is 7.66. The van der Waals surface area contributed by atoms with E-state index in [1.54, 1.807) is 6.92 Å². The van der Waals surface area contributed by atoms with E-state index in [4.69, 9.17) is 4.74 Å². The van der Waals surface area contributed by atoms with Gasteiger partial charge in [-0.1, -0.05) is 6.07 Å². The molecule has 0 aliphatic heterocycles. The molecule has 0 bridgehead atoms. The molecule has 0 aromatic heterocycles. The van der Waals surface area contributed by atoms with Crippen LogP contribution >= 0.6 is 0 Å². The van der Waals surface area contributed by atoms with Gasteiger partial charge < -0.3 is 9.84 Å². The number of aryl methyl sites for hydroxylation is 2. The van der Waals surface area contributed by atoms with Crippen molar-refractivity contribution in [2.24, 2.45) is 0 Å². The number of aliphatic hydroxyl groups excluding tert-OH is 1. The molecule has 0 radical (unpaired) electrons. The van der Waals surface area contributed by atoms with E-state index >= 15 is 0 Å². The number of aliphatic hydroxyl groups is 1. The first kappa shape index (κ1) is 11.1. The van der Waals surface area contributed by atoms with Gasteiger partial charge >= 0.3 is 0 Å². The minimum atomic E-state index is -0.448. The first-order valence-corrected chi connectivity index (χ1v) is 4.92. The highest BCUT2D eigenvalue weighted by Gasteiger charge is 2.10. The van der Waals surface area contributed by atoms with Crippen LogP contribution in [0.3, 0.4) is 0 Å². The van der Waals surface area contributed by atoms with Crippen molar-refractivity contribution in [3.63, 3.8) is 0 Å². The Hall–Kier alpha value is -1.02. The van der Waals surface area contributed by atoms with Gasteiger partial charge in [0, 0.05) is 0 Å². The molecule has 0 fully saturated rings. The minimum Gasteiger partial charge on any atom is -0.488 e. The summed E-state index contributed by atoms with van der Waals surface area (Å²) in [4.78, 5) is 0. The Morgan fingerprint density at radius 2 is 1.57 bits per heavy atom. The molecule has 0 amide bonds. The van der Waals surface area contributed by atoms with Gasteiger partial charge in [0.1, 0.15) is 11.9 Å². The second kappa shape index (κ2) is 4.47. The predicted octanol–water partition coefficient (Wildman–Crippen LogP) is 2.45. The fourth-order valence-corrected chi connectivity index (χ4v) is 1.31. The van der Waals surface area contributed by atoms with Gasteiger partial charge in [0.25, 0.3) is 0 Å². The normalized spacial score (nSPS) is 14.9. The predicted molar refractivity (Wildman–Crippen MR) is 57.7 cm³/mol. The highest BCUT2D eigenvalue weighted by Crippen LogP contribution is 2.18. The molecule has 1 aromatic carbocycles. The van der Waals surface area contributed by atoms with Crippen molar-refractivity contribution in [3.05, 3.63) is 29.3 Å². The maximum absolute atomic E-state index is 9.30. The molecular weight excluding hydrogens is 176 g/mol. The van der Waals surface area contributed by atoms with Crippen LogP contribution in [0.1, 0.15) is 25.0 Å². The molecule has 1 N–H and O–H groups in total. The average molecular weight is 194 g/mol. The van der Waals surface area contributed by atoms with Crippen molar-refractivity contribution in [1.82, 2.24) is 0 Å². The van der Waals surface area contributed by atoms with E-state index in [1.807, 2.05) is 32.9 Å². The summed E-state index contributed by atoms with van der Waals surface area (Å²) in [5.74, 6) is 0.830. The largest absolute Gasteiger partial charge is 0.488 e. The molecule has 14 heavy (non-hydrogen) atoms. The van der Waals surface area contributed by atoms with Crippen molar-refractivity contribution in [2.45, 2.75) is 39.9 Å². The number of hydrogen-bond donors (Lipinski definition) is 1. The molecule has 2 heteroatoms. The van der Waals surface area contributed by atoms with Gasteiger partial charge in [-0.15, -0.1) is 0 Å². The maximum Gasteiger partial charge on any atom is 0.121 e. The third kappa shape index (κ3) is 3.04. The van der Waals surface area contributed by atoms with E-state index in [0.29, 0.717) is 0 Å². The molecule has 1 rings (SSSR count). The van der Waals surface area contributed by atoms with Crippen molar-refractivity contribution in [2.75, 3.05) is 0 Å². The third-order valence-corrected chi connectivity index (χ3v) is 2.20. The molecule has 0 saturated carbocycles. The quantitative estimate of drug-likeness (QED) is 0.801. The smallest absolute Gasteiger partial charge is 0.121 e. The highest BCUT2D eigenvalue weighted by atomic mass is 16.5. The van der Waals surface area contributed by atoms with E-state index in [-0.39, 0.29) is 6.10 Å². The van der Waals surface area contributed by atoms with Crippen molar-refractivity contribution < 1.29 is 9.84 Å². The summed E-state index contributed by atoms with van der Waals surface area (Å²) >= 11 is 0. The zero-order valence-corrected chi connectivity index (χ0v) is 9.24. The molecule has 0 aliphatic rings. The Kier molecular flexibility index (Phi) is 3.53. The van der Waals surface area contributed by atoms with Gasteiger partial charge in [0.05, 0.1) is 6.10 Å². The van der Waals surface area contributed by atoms with E-state index in [2.05, 4.69) is 6.07 Å². The van der Waals surface area contributed by atoms with Crippen LogP contribution in [-0.2, 0) is 0 Å². The first-order chi connectivity index (χ1) is 6.49. The van der Waals surface area contributed by atoms with E-state index in [0.717, 1.165) is 5.75 Å². The van der Waals surface area contributed by atoms with Crippen molar-refractivity contribution in [3.8, 4) is 5.75 Å². The lowest BCUT2D eigenvalue weighted by Crippen LogP contribution is -2.25. The van der Waals surface area contributed by atoms with Crippen LogP contribution in [0.25, 0.3) is 0 Å². The summed E-state index contributed by atoms with van der Waals surface area (Å²) in [6.07, 6.45) is -0.619. The third-order valence-electron chi connectivity index (χ3n) is 2.20. The van der Waals surface area contributed by atoms with E-state index in [9.17, 15) is 5.11 Å². The Morgan fingerprint density at radius 1 is 1.07 bits per heavy atom. The van der Waals surface area contributed by atoms with Crippen molar-refractivity contribution in [1.29, 1.82) is 0 Å². The lowest BCUT2D eigenvalue weighted by molar-refractivity contribution is 0.0604. The minimum absolute atomic E-state index is 0.170. The van der Waals surface area contributed by atoms with E-state index < -0.39 is 6.10 Å². The molecule has 1 aromatic rings. The molecule has 0 heterocycles. The van der Waals surface area contributed by atoms with Crippen molar-refractivity contribution >= 4 is 0 Å². The lowest BCUT2D eigenvalue weighted by Gasteiger charge is -2.17. The van der Waals surface area contributed by atoms with Crippen LogP contribution < -0.4 is 4.74 Å². The number of ether oxygens (including phenoxy) is 1. The standard InChI is InChI=1S/C12H18O2/c1-8-5-9(2)7-12(6-8)14-11(4)10(3)13/h5-7,10-11,13H,1-4H3/t10-,11?/m0/s1. The number of benzene rings is 1. The van der Waals surface area contributed by atoms with Gasteiger partial charge in [-0.3, -0.25) is 0 Å². The van der Waals surface area contributed by atoms with Crippen LogP contribution in [0.5, 0.6) is 5.75 Å². The van der Waals surface area contributed by atoms with Gasteiger partial charge in [0.15, 0.2) is 0 Å². The summed E-state index contributed by atoms with van der Waals surface area (Å²) in [5.41, 5.74) is 2.36. The average Bonchev–Trinajstić information content (AvgIpc) is 2.01. The van der Waals surface area contributed by atoms with E-state index in [1.165, 1.54) is 11.1 Å². The summed E-state index contributed by atoms with van der Waals surface area (Å²) < 4.78 is 5.59. The fraction of sp³-hybridized carbons (Fsp3) is 0.500.